The molecule has 3 rings (SSSR count). The maximum absolute atomic E-state index is 12.7. The van der Waals surface area contributed by atoms with E-state index < -0.39 is 6.43 Å². The minimum atomic E-state index is -2.72. The number of carbonyl (C=O) groups excluding carboxylic acids is 1. The van der Waals surface area contributed by atoms with Crippen LogP contribution in [0.15, 0.2) is 0 Å². The number of rotatable bonds is 2. The van der Waals surface area contributed by atoms with Crippen molar-refractivity contribution in [3.05, 3.63) is 32.0 Å². The van der Waals surface area contributed by atoms with Gasteiger partial charge in [-0.2, -0.15) is 5.10 Å². The predicted molar refractivity (Wildman–Crippen MR) is 73.9 cm³/mol. The van der Waals surface area contributed by atoms with Crippen molar-refractivity contribution >= 4 is 28.8 Å². The van der Waals surface area contributed by atoms with Gasteiger partial charge < -0.3 is 4.90 Å². The third-order valence-corrected chi connectivity index (χ3v) is 4.86. The fourth-order valence-corrected chi connectivity index (χ4v) is 3.39. The van der Waals surface area contributed by atoms with Gasteiger partial charge in [-0.1, -0.05) is 11.6 Å². The number of carbonyl (C=O) groups is 1. The molecule has 0 bridgehead atoms. The van der Waals surface area contributed by atoms with E-state index in [1.54, 1.807) is 4.90 Å². The molecule has 0 saturated carbocycles. The lowest BCUT2D eigenvalue weighted by Gasteiger charge is -2.25. The largest absolute Gasteiger partial charge is 0.332 e. The molecule has 0 unspecified atom stereocenters. The molecule has 0 fully saturated rings. The summed E-state index contributed by atoms with van der Waals surface area (Å²) in [7, 11) is 0. The lowest BCUT2D eigenvalue weighted by molar-refractivity contribution is 0.0733. The predicted octanol–water partition coefficient (Wildman–Crippen LogP) is 2.96. The number of nitrogens with zero attached hydrogens (tertiary/aromatic N) is 3. The van der Waals surface area contributed by atoms with Crippen LogP contribution in [0.2, 0.25) is 5.15 Å². The number of thiazole rings is 1. The summed E-state index contributed by atoms with van der Waals surface area (Å²) in [6, 6.07) is 0. The number of nitrogens with one attached hydrogen (secondary N) is 1. The number of hydrogen-bond acceptors (Lipinski definition) is 4. The summed E-state index contributed by atoms with van der Waals surface area (Å²) < 4.78 is 25.4. The van der Waals surface area contributed by atoms with E-state index in [1.807, 2.05) is 6.92 Å². The average molecular weight is 333 g/mol. The zero-order chi connectivity index (χ0) is 15.1. The Bertz CT molecular complexity index is 699. The third-order valence-electron chi connectivity index (χ3n) is 3.41. The number of H-pyrrole nitrogens is 1. The van der Waals surface area contributed by atoms with Gasteiger partial charge in [0, 0.05) is 30.8 Å². The number of aromatic amines is 1. The first-order valence-corrected chi connectivity index (χ1v) is 7.43. The molecule has 2 aromatic heterocycles. The van der Waals surface area contributed by atoms with E-state index in [9.17, 15) is 13.6 Å². The monoisotopic (exact) mass is 332 g/mol. The first-order chi connectivity index (χ1) is 9.97. The second-order valence-electron chi connectivity index (χ2n) is 4.73. The van der Waals surface area contributed by atoms with Crippen LogP contribution in [0, 0.1) is 6.92 Å². The number of halogens is 3. The zero-order valence-electron chi connectivity index (χ0n) is 11.0. The first-order valence-electron chi connectivity index (χ1n) is 6.23. The van der Waals surface area contributed by atoms with E-state index in [1.165, 1.54) is 0 Å². The minimum absolute atomic E-state index is 0.0000945. The van der Waals surface area contributed by atoms with Gasteiger partial charge in [-0.15, -0.1) is 11.3 Å². The summed E-state index contributed by atoms with van der Waals surface area (Å²) in [5.41, 5.74) is 2.83. The molecule has 0 atom stereocenters. The van der Waals surface area contributed by atoms with Crippen LogP contribution in [0.1, 0.15) is 38.1 Å². The molecule has 0 saturated heterocycles. The van der Waals surface area contributed by atoms with Crippen LogP contribution in [-0.4, -0.2) is 32.5 Å². The summed E-state index contributed by atoms with van der Waals surface area (Å²) in [5, 5.41) is 6.76. The highest BCUT2D eigenvalue weighted by atomic mass is 35.5. The van der Waals surface area contributed by atoms with Crippen molar-refractivity contribution in [2.45, 2.75) is 26.3 Å². The first kappa shape index (κ1) is 14.4. The number of aromatic nitrogens is 3. The molecule has 0 spiro atoms. The van der Waals surface area contributed by atoms with Crippen LogP contribution in [0.25, 0.3) is 0 Å². The van der Waals surface area contributed by atoms with E-state index in [2.05, 4.69) is 15.2 Å². The minimum Gasteiger partial charge on any atom is -0.332 e. The molecule has 0 aromatic carbocycles. The lowest BCUT2D eigenvalue weighted by atomic mass is 10.1. The highest BCUT2D eigenvalue weighted by Crippen LogP contribution is 2.33. The van der Waals surface area contributed by atoms with E-state index >= 15 is 0 Å². The van der Waals surface area contributed by atoms with Crippen molar-refractivity contribution in [3.63, 3.8) is 0 Å². The van der Waals surface area contributed by atoms with Gasteiger partial charge in [0.1, 0.15) is 10.0 Å². The normalized spacial score (nSPS) is 14.6. The van der Waals surface area contributed by atoms with Gasteiger partial charge in [-0.3, -0.25) is 9.89 Å². The maximum atomic E-state index is 12.7. The van der Waals surface area contributed by atoms with Gasteiger partial charge in [0.2, 0.25) is 0 Å². The Labute approximate surface area is 127 Å². The summed E-state index contributed by atoms with van der Waals surface area (Å²) in [6.45, 7) is 2.77. The molecule has 3 heterocycles. The summed E-state index contributed by atoms with van der Waals surface area (Å²) in [5.74, 6) is -0.375. The molecule has 112 valence electrons. The molecular formula is C12H11ClF2N4OS. The molecule has 2 aromatic rings. The van der Waals surface area contributed by atoms with Crippen LogP contribution >= 0.6 is 22.9 Å². The highest BCUT2D eigenvalue weighted by Gasteiger charge is 2.28. The van der Waals surface area contributed by atoms with E-state index in [0.29, 0.717) is 30.8 Å². The van der Waals surface area contributed by atoms with Gasteiger partial charge in [0.25, 0.3) is 12.3 Å². The lowest BCUT2D eigenvalue weighted by Crippen LogP contribution is -2.35. The third kappa shape index (κ3) is 2.53. The fourth-order valence-electron chi connectivity index (χ4n) is 2.28. The molecule has 5 nitrogen and oxygen atoms in total. The molecule has 1 aliphatic rings. The Balaban J connectivity index is 1.83. The second-order valence-corrected chi connectivity index (χ2v) is 6.11. The van der Waals surface area contributed by atoms with Crippen molar-refractivity contribution in [1.82, 2.24) is 20.1 Å². The number of amides is 1. The van der Waals surface area contributed by atoms with Crippen LogP contribution in [0.4, 0.5) is 8.78 Å². The summed E-state index contributed by atoms with van der Waals surface area (Å²) >= 11 is 6.29. The number of fused-ring (bicyclic) bond motifs is 1. The van der Waals surface area contributed by atoms with Crippen molar-refractivity contribution in [3.8, 4) is 0 Å². The van der Waals surface area contributed by atoms with Crippen molar-refractivity contribution < 1.29 is 13.6 Å². The maximum Gasteiger partial charge on any atom is 0.283 e. The fraction of sp³-hybridized carbons (Fsp3) is 0.417. The topological polar surface area (TPSA) is 61.9 Å². The summed E-state index contributed by atoms with van der Waals surface area (Å²) in [6.07, 6.45) is -2.09. The molecule has 21 heavy (non-hydrogen) atoms. The van der Waals surface area contributed by atoms with Gasteiger partial charge in [0.05, 0.1) is 5.69 Å². The highest BCUT2D eigenvalue weighted by molar-refractivity contribution is 7.14. The Morgan fingerprint density at radius 2 is 2.29 bits per heavy atom. The van der Waals surface area contributed by atoms with Gasteiger partial charge >= 0.3 is 0 Å². The van der Waals surface area contributed by atoms with E-state index in [-0.39, 0.29) is 20.9 Å². The van der Waals surface area contributed by atoms with Crippen LogP contribution in [0.5, 0.6) is 0 Å². The average Bonchev–Trinajstić information content (AvgIpc) is 3.02. The van der Waals surface area contributed by atoms with Crippen LogP contribution < -0.4 is 0 Å². The van der Waals surface area contributed by atoms with Crippen molar-refractivity contribution in [1.29, 1.82) is 0 Å². The second kappa shape index (κ2) is 5.34. The van der Waals surface area contributed by atoms with Gasteiger partial charge in [0.15, 0.2) is 5.01 Å². The molecule has 1 amide bonds. The Morgan fingerprint density at radius 1 is 1.52 bits per heavy atom. The quantitative estimate of drug-likeness (QED) is 0.919. The Morgan fingerprint density at radius 3 is 2.95 bits per heavy atom. The van der Waals surface area contributed by atoms with Crippen LogP contribution in [-0.2, 0) is 13.0 Å². The van der Waals surface area contributed by atoms with Gasteiger partial charge in [-0.25, -0.2) is 13.8 Å². The van der Waals surface area contributed by atoms with E-state index in [4.69, 9.17) is 11.6 Å². The SMILES string of the molecule is Cc1[nH]nc2c1CN(C(=O)c1nc(Cl)c(C(F)F)s1)CC2. The Kier molecular flexibility index (Phi) is 3.66. The molecular weight excluding hydrogens is 322 g/mol. The number of alkyl halides is 2. The molecule has 0 radical (unpaired) electrons. The zero-order valence-corrected chi connectivity index (χ0v) is 12.6. The molecule has 0 aliphatic carbocycles. The Hall–Kier alpha value is -1.54. The number of hydrogen-bond donors (Lipinski definition) is 1. The molecule has 1 aliphatic heterocycles. The van der Waals surface area contributed by atoms with Gasteiger partial charge in [-0.05, 0) is 6.92 Å². The standard InChI is InChI=1S/C12H11ClF2N4OS/c1-5-6-4-19(3-2-7(6)18-17-5)12(20)11-16-9(13)8(21-11)10(14)15/h10H,2-4H2,1H3,(H,17,18). The summed E-state index contributed by atoms with van der Waals surface area (Å²) in [4.78, 5) is 17.3. The molecule has 9 heteroatoms. The van der Waals surface area contributed by atoms with Crippen molar-refractivity contribution in [2.24, 2.45) is 0 Å². The van der Waals surface area contributed by atoms with E-state index in [0.717, 1.165) is 17.0 Å². The number of aryl methyl sites for hydroxylation is 1. The molecule has 1 N–H and O–H groups in total. The van der Waals surface area contributed by atoms with Crippen molar-refractivity contribution in [2.75, 3.05) is 6.54 Å². The smallest absolute Gasteiger partial charge is 0.283 e. The van der Waals surface area contributed by atoms with Crippen LogP contribution in [0.3, 0.4) is 0 Å².